The van der Waals surface area contributed by atoms with E-state index in [1.54, 1.807) is 29.7 Å². The van der Waals surface area contributed by atoms with Gasteiger partial charge in [-0.2, -0.15) is 0 Å². The molecule has 0 bridgehead atoms. The number of fused-ring (bicyclic) bond motifs is 1. The summed E-state index contributed by atoms with van der Waals surface area (Å²) < 4.78 is 44.3. The van der Waals surface area contributed by atoms with E-state index in [9.17, 15) is 13.2 Å². The molecule has 1 fully saturated rings. The number of aryl methyl sites for hydroxylation is 1. The summed E-state index contributed by atoms with van der Waals surface area (Å²) in [6, 6.07) is 18.9. The maximum atomic E-state index is 15.4. The molecule has 1 aliphatic rings. The Hall–Kier alpha value is -3.49. The van der Waals surface area contributed by atoms with Crippen molar-refractivity contribution in [2.45, 2.75) is 23.3 Å². The average molecular weight is 506 g/mol. The van der Waals surface area contributed by atoms with E-state index in [-0.39, 0.29) is 15.2 Å². The number of rotatable bonds is 5. The Balaban J connectivity index is 1.73. The van der Waals surface area contributed by atoms with E-state index in [2.05, 4.69) is 4.90 Å². The summed E-state index contributed by atoms with van der Waals surface area (Å²) in [6.45, 7) is 5.08. The minimum absolute atomic E-state index is 0.0414. The Labute approximate surface area is 210 Å². The minimum Gasteiger partial charge on any atom is -0.367 e. The number of sulfone groups is 1. The van der Waals surface area contributed by atoms with Gasteiger partial charge in [-0.1, -0.05) is 42.5 Å². The fourth-order valence-electron chi connectivity index (χ4n) is 4.67. The van der Waals surface area contributed by atoms with Gasteiger partial charge in [-0.25, -0.2) is 12.8 Å². The van der Waals surface area contributed by atoms with Crippen molar-refractivity contribution in [1.29, 1.82) is 0 Å². The molecule has 5 rings (SSSR count). The van der Waals surface area contributed by atoms with E-state index >= 15 is 4.39 Å². The van der Waals surface area contributed by atoms with Gasteiger partial charge in [0.2, 0.25) is 15.3 Å². The van der Waals surface area contributed by atoms with Gasteiger partial charge in [0.05, 0.1) is 21.5 Å². The number of pyridine rings is 1. The van der Waals surface area contributed by atoms with Crippen LogP contribution in [0.15, 0.2) is 87.5 Å². The third-order valence-corrected chi connectivity index (χ3v) is 8.49. The molecule has 1 aliphatic heterocycles. The molecule has 0 aliphatic carbocycles. The lowest BCUT2D eigenvalue weighted by Gasteiger charge is -2.34. The van der Waals surface area contributed by atoms with Crippen molar-refractivity contribution in [2.24, 2.45) is 0 Å². The molecule has 186 valence electrons. The maximum absolute atomic E-state index is 15.4. The SMILES string of the molecule is Cc1cccc(S(=O)(=O)c2cn(Cc3ccccc3)c3cc(N4CCN(C)CC4)c(F)cc3c2=O)c1. The molecule has 6 nitrogen and oxygen atoms in total. The van der Waals surface area contributed by atoms with E-state index in [1.807, 2.05) is 42.3 Å². The highest BCUT2D eigenvalue weighted by Gasteiger charge is 2.26. The lowest BCUT2D eigenvalue weighted by Crippen LogP contribution is -2.44. The number of anilines is 1. The molecule has 0 amide bonds. The molecule has 0 spiro atoms. The van der Waals surface area contributed by atoms with Crippen LogP contribution in [-0.2, 0) is 16.4 Å². The van der Waals surface area contributed by atoms with E-state index < -0.39 is 21.1 Å². The van der Waals surface area contributed by atoms with Crippen molar-refractivity contribution in [1.82, 2.24) is 9.47 Å². The van der Waals surface area contributed by atoms with E-state index in [0.717, 1.165) is 24.2 Å². The summed E-state index contributed by atoms with van der Waals surface area (Å²) in [7, 11) is -2.09. The topological polar surface area (TPSA) is 62.6 Å². The fraction of sp³-hybridized carbons (Fsp3) is 0.250. The highest BCUT2D eigenvalue weighted by atomic mass is 32.2. The molecule has 0 unspecified atom stereocenters. The number of benzene rings is 3. The molecule has 0 saturated carbocycles. The standard InChI is InChI=1S/C28H28FN3O3S/c1-20-7-6-10-22(15-20)36(34,35)27-19-32(18-21-8-4-3-5-9-21)25-17-26(24(29)16-23(25)28(27)33)31-13-11-30(2)12-14-31/h3-10,15-17,19H,11-14,18H2,1-2H3. The van der Waals surface area contributed by atoms with Crippen LogP contribution in [0.4, 0.5) is 10.1 Å². The Morgan fingerprint density at radius 2 is 1.64 bits per heavy atom. The third kappa shape index (κ3) is 4.54. The van der Waals surface area contributed by atoms with Crippen LogP contribution < -0.4 is 10.3 Å². The second-order valence-electron chi connectivity index (χ2n) is 9.37. The molecular weight excluding hydrogens is 477 g/mol. The molecule has 4 aromatic rings. The predicted molar refractivity (Wildman–Crippen MR) is 140 cm³/mol. The van der Waals surface area contributed by atoms with Crippen molar-refractivity contribution >= 4 is 26.4 Å². The average Bonchev–Trinajstić information content (AvgIpc) is 2.87. The maximum Gasteiger partial charge on any atom is 0.211 e. The van der Waals surface area contributed by atoms with Gasteiger partial charge in [0, 0.05) is 38.9 Å². The first-order valence-corrected chi connectivity index (χ1v) is 13.4. The Bertz CT molecular complexity index is 1590. The number of aromatic nitrogens is 1. The first-order chi connectivity index (χ1) is 17.2. The molecule has 0 N–H and O–H groups in total. The lowest BCUT2D eigenvalue weighted by molar-refractivity contribution is 0.312. The molecule has 36 heavy (non-hydrogen) atoms. The molecule has 8 heteroatoms. The minimum atomic E-state index is -4.12. The smallest absolute Gasteiger partial charge is 0.211 e. The van der Waals surface area contributed by atoms with Crippen LogP contribution in [-0.4, -0.2) is 51.1 Å². The van der Waals surface area contributed by atoms with Crippen LogP contribution in [0.5, 0.6) is 0 Å². The molecule has 3 aromatic carbocycles. The monoisotopic (exact) mass is 505 g/mol. The van der Waals surface area contributed by atoms with Gasteiger partial charge in [-0.3, -0.25) is 4.79 Å². The summed E-state index contributed by atoms with van der Waals surface area (Å²) in [4.78, 5) is 17.4. The Kier molecular flexibility index (Phi) is 6.40. The van der Waals surface area contributed by atoms with Crippen LogP contribution in [0.25, 0.3) is 10.9 Å². The third-order valence-electron chi connectivity index (χ3n) is 6.75. The fourth-order valence-corrected chi connectivity index (χ4v) is 6.15. The molecular formula is C28H28FN3O3S. The van der Waals surface area contributed by atoms with Gasteiger partial charge < -0.3 is 14.4 Å². The number of likely N-dealkylation sites (N-methyl/N-ethyl adjacent to an activating group) is 1. The largest absolute Gasteiger partial charge is 0.367 e. The van der Waals surface area contributed by atoms with Gasteiger partial charge in [-0.15, -0.1) is 0 Å². The van der Waals surface area contributed by atoms with Crippen molar-refractivity contribution in [2.75, 3.05) is 38.1 Å². The predicted octanol–water partition coefficient (Wildman–Crippen LogP) is 4.08. The number of piperazine rings is 1. The Morgan fingerprint density at radius 1 is 0.917 bits per heavy atom. The summed E-state index contributed by atoms with van der Waals surface area (Å²) in [5.41, 5.74) is 1.93. The number of hydrogen-bond acceptors (Lipinski definition) is 5. The van der Waals surface area contributed by atoms with Gasteiger partial charge in [0.1, 0.15) is 10.7 Å². The van der Waals surface area contributed by atoms with Crippen molar-refractivity contribution in [3.63, 3.8) is 0 Å². The van der Waals surface area contributed by atoms with Gasteiger partial charge in [0.25, 0.3) is 0 Å². The summed E-state index contributed by atoms with van der Waals surface area (Å²) in [5.74, 6) is -0.527. The van der Waals surface area contributed by atoms with Crippen LogP contribution in [0.3, 0.4) is 0 Å². The van der Waals surface area contributed by atoms with E-state index in [4.69, 9.17) is 0 Å². The van der Waals surface area contributed by atoms with Crippen molar-refractivity contribution < 1.29 is 12.8 Å². The zero-order valence-corrected chi connectivity index (χ0v) is 21.1. The number of hydrogen-bond donors (Lipinski definition) is 0. The molecule has 0 atom stereocenters. The van der Waals surface area contributed by atoms with Crippen LogP contribution in [0.1, 0.15) is 11.1 Å². The highest BCUT2D eigenvalue weighted by molar-refractivity contribution is 7.91. The summed E-state index contributed by atoms with van der Waals surface area (Å²) >= 11 is 0. The van der Waals surface area contributed by atoms with E-state index in [1.165, 1.54) is 24.4 Å². The first kappa shape index (κ1) is 24.2. The Morgan fingerprint density at radius 3 is 2.33 bits per heavy atom. The molecule has 2 heterocycles. The molecule has 1 saturated heterocycles. The quantitative estimate of drug-likeness (QED) is 0.409. The molecule has 1 aromatic heterocycles. The van der Waals surface area contributed by atoms with Crippen molar-refractivity contribution in [3.8, 4) is 0 Å². The summed E-state index contributed by atoms with van der Waals surface area (Å²) in [5, 5.41) is 0.0510. The van der Waals surface area contributed by atoms with Crippen molar-refractivity contribution in [3.05, 3.63) is 100 Å². The highest BCUT2D eigenvalue weighted by Crippen LogP contribution is 2.28. The van der Waals surface area contributed by atoms with Gasteiger partial charge in [0.15, 0.2) is 0 Å². The number of halogens is 1. The number of nitrogens with zero attached hydrogens (tertiary/aromatic N) is 3. The molecule has 0 radical (unpaired) electrons. The summed E-state index contributed by atoms with van der Waals surface area (Å²) in [6.07, 6.45) is 1.40. The normalized spacial score (nSPS) is 14.9. The zero-order valence-electron chi connectivity index (χ0n) is 20.3. The van der Waals surface area contributed by atoms with Crippen LogP contribution in [0, 0.1) is 12.7 Å². The van der Waals surface area contributed by atoms with E-state index in [0.29, 0.717) is 30.8 Å². The lowest BCUT2D eigenvalue weighted by atomic mass is 10.1. The second-order valence-corrected chi connectivity index (χ2v) is 11.3. The second kappa shape index (κ2) is 9.52. The van der Waals surface area contributed by atoms with Gasteiger partial charge in [-0.05, 0) is 49.4 Å². The van der Waals surface area contributed by atoms with Crippen LogP contribution in [0.2, 0.25) is 0 Å². The van der Waals surface area contributed by atoms with Gasteiger partial charge >= 0.3 is 0 Å². The van der Waals surface area contributed by atoms with Crippen LogP contribution >= 0.6 is 0 Å². The first-order valence-electron chi connectivity index (χ1n) is 11.9. The zero-order chi connectivity index (χ0) is 25.4.